The molecule has 2 aromatic rings. The minimum atomic E-state index is 0.424. The second-order valence-corrected chi connectivity index (χ2v) is 6.01. The van der Waals surface area contributed by atoms with Crippen LogP contribution in [0.4, 0.5) is 0 Å². The third-order valence-electron chi connectivity index (χ3n) is 4.31. The topological polar surface area (TPSA) is 15.3 Å². The maximum Gasteiger partial charge on any atom is 0.0294 e. The number of hydrogen-bond acceptors (Lipinski definition) is 2. The molecule has 0 bridgehead atoms. The Hall–Kier alpha value is -1.64. The van der Waals surface area contributed by atoms with Crippen molar-refractivity contribution in [3.63, 3.8) is 0 Å². The zero-order valence-corrected chi connectivity index (χ0v) is 12.7. The number of hydrogen-bond donors (Lipinski definition) is 1. The van der Waals surface area contributed by atoms with Crippen LogP contribution < -0.4 is 5.32 Å². The van der Waals surface area contributed by atoms with Gasteiger partial charge < -0.3 is 5.32 Å². The van der Waals surface area contributed by atoms with Crippen LogP contribution >= 0.6 is 0 Å². The zero-order chi connectivity index (χ0) is 14.5. The SMILES string of the molecule is C[C@H](NC1CCN(Cc2ccccc2)C1)c1ccccc1. The monoisotopic (exact) mass is 280 g/mol. The van der Waals surface area contributed by atoms with Crippen LogP contribution in [0.2, 0.25) is 0 Å². The average molecular weight is 280 g/mol. The van der Waals surface area contributed by atoms with E-state index in [-0.39, 0.29) is 0 Å². The van der Waals surface area contributed by atoms with Crippen LogP contribution in [0, 0.1) is 0 Å². The zero-order valence-electron chi connectivity index (χ0n) is 12.7. The van der Waals surface area contributed by atoms with Crippen LogP contribution in [0.25, 0.3) is 0 Å². The fraction of sp³-hybridized carbons (Fsp3) is 0.368. The standard InChI is InChI=1S/C19H24N2/c1-16(18-10-6-3-7-11-18)20-19-12-13-21(15-19)14-17-8-4-2-5-9-17/h2-11,16,19-20H,12-15H2,1H3/t16-,19?/m0/s1. The first-order valence-electron chi connectivity index (χ1n) is 7.88. The van der Waals surface area contributed by atoms with Crippen LogP contribution in [-0.2, 0) is 6.54 Å². The van der Waals surface area contributed by atoms with Gasteiger partial charge in [0, 0.05) is 31.7 Å². The van der Waals surface area contributed by atoms with E-state index >= 15 is 0 Å². The molecule has 1 unspecified atom stereocenters. The normalized spacial score (nSPS) is 20.5. The summed E-state index contributed by atoms with van der Waals surface area (Å²) in [6.07, 6.45) is 1.24. The summed E-state index contributed by atoms with van der Waals surface area (Å²) in [5.41, 5.74) is 2.79. The van der Waals surface area contributed by atoms with Gasteiger partial charge in [-0.2, -0.15) is 0 Å². The molecule has 1 saturated heterocycles. The van der Waals surface area contributed by atoms with Crippen molar-refractivity contribution in [3.8, 4) is 0 Å². The van der Waals surface area contributed by atoms with E-state index in [1.807, 2.05) is 0 Å². The van der Waals surface area contributed by atoms with Crippen LogP contribution in [0.5, 0.6) is 0 Å². The van der Waals surface area contributed by atoms with E-state index in [1.54, 1.807) is 0 Å². The second kappa shape index (κ2) is 6.88. The molecule has 0 spiro atoms. The summed E-state index contributed by atoms with van der Waals surface area (Å²) in [7, 11) is 0. The number of nitrogens with one attached hydrogen (secondary N) is 1. The van der Waals surface area contributed by atoms with Gasteiger partial charge in [-0.25, -0.2) is 0 Å². The minimum absolute atomic E-state index is 0.424. The second-order valence-electron chi connectivity index (χ2n) is 6.01. The minimum Gasteiger partial charge on any atom is -0.306 e. The summed E-state index contributed by atoms with van der Waals surface area (Å²) in [4.78, 5) is 2.55. The molecule has 1 fully saturated rings. The smallest absolute Gasteiger partial charge is 0.0294 e. The van der Waals surface area contributed by atoms with Crippen molar-refractivity contribution in [2.24, 2.45) is 0 Å². The molecule has 2 nitrogen and oxygen atoms in total. The molecule has 2 aromatic carbocycles. The quantitative estimate of drug-likeness (QED) is 0.900. The molecule has 110 valence electrons. The van der Waals surface area contributed by atoms with Crippen molar-refractivity contribution in [3.05, 3.63) is 71.8 Å². The van der Waals surface area contributed by atoms with Gasteiger partial charge in [0.05, 0.1) is 0 Å². The highest BCUT2D eigenvalue weighted by molar-refractivity contribution is 5.18. The number of benzene rings is 2. The lowest BCUT2D eigenvalue weighted by molar-refractivity contribution is 0.316. The Morgan fingerprint density at radius 3 is 2.43 bits per heavy atom. The highest BCUT2D eigenvalue weighted by Gasteiger charge is 2.23. The lowest BCUT2D eigenvalue weighted by Crippen LogP contribution is -2.34. The highest BCUT2D eigenvalue weighted by atomic mass is 15.2. The molecule has 1 aliphatic rings. The predicted molar refractivity (Wildman–Crippen MR) is 88.1 cm³/mol. The molecule has 0 aliphatic carbocycles. The fourth-order valence-electron chi connectivity index (χ4n) is 3.15. The van der Waals surface area contributed by atoms with Gasteiger partial charge in [0.2, 0.25) is 0 Å². The van der Waals surface area contributed by atoms with E-state index < -0.39 is 0 Å². The van der Waals surface area contributed by atoms with Gasteiger partial charge in [0.1, 0.15) is 0 Å². The molecule has 1 aliphatic heterocycles. The first kappa shape index (κ1) is 14.3. The molecular formula is C19H24N2. The molecule has 2 heteroatoms. The Morgan fingerprint density at radius 2 is 1.71 bits per heavy atom. The Balaban J connectivity index is 1.51. The Bertz CT molecular complexity index is 538. The number of rotatable bonds is 5. The van der Waals surface area contributed by atoms with Gasteiger partial charge >= 0.3 is 0 Å². The van der Waals surface area contributed by atoms with Gasteiger partial charge in [0.15, 0.2) is 0 Å². The maximum absolute atomic E-state index is 3.77. The van der Waals surface area contributed by atoms with Crippen LogP contribution in [-0.4, -0.2) is 24.0 Å². The van der Waals surface area contributed by atoms with E-state index in [9.17, 15) is 0 Å². The summed E-state index contributed by atoms with van der Waals surface area (Å²) in [6, 6.07) is 22.5. The van der Waals surface area contributed by atoms with E-state index in [1.165, 1.54) is 24.1 Å². The maximum atomic E-state index is 3.77. The van der Waals surface area contributed by atoms with Crippen molar-refractivity contribution < 1.29 is 0 Å². The van der Waals surface area contributed by atoms with Crippen molar-refractivity contribution in [2.45, 2.75) is 32.0 Å². The van der Waals surface area contributed by atoms with Crippen molar-refractivity contribution in [1.82, 2.24) is 10.2 Å². The van der Waals surface area contributed by atoms with E-state index in [0.717, 1.165) is 13.1 Å². The van der Waals surface area contributed by atoms with Crippen molar-refractivity contribution in [2.75, 3.05) is 13.1 Å². The molecule has 0 radical (unpaired) electrons. The largest absolute Gasteiger partial charge is 0.306 e. The molecule has 2 atom stereocenters. The molecule has 0 aromatic heterocycles. The summed E-state index contributed by atoms with van der Waals surface area (Å²) in [5.74, 6) is 0. The van der Waals surface area contributed by atoms with E-state index in [0.29, 0.717) is 12.1 Å². The summed E-state index contributed by atoms with van der Waals surface area (Å²) >= 11 is 0. The molecule has 0 saturated carbocycles. The summed E-state index contributed by atoms with van der Waals surface area (Å²) in [5, 5.41) is 3.77. The van der Waals surface area contributed by atoms with Gasteiger partial charge in [-0.05, 0) is 24.5 Å². The molecule has 21 heavy (non-hydrogen) atoms. The lowest BCUT2D eigenvalue weighted by Gasteiger charge is -2.21. The molecular weight excluding hydrogens is 256 g/mol. The van der Waals surface area contributed by atoms with Gasteiger partial charge in [-0.3, -0.25) is 4.90 Å². The molecule has 3 rings (SSSR count). The van der Waals surface area contributed by atoms with Crippen LogP contribution in [0.1, 0.15) is 30.5 Å². The van der Waals surface area contributed by atoms with Crippen molar-refractivity contribution >= 4 is 0 Å². The Labute approximate surface area is 127 Å². The third-order valence-corrected chi connectivity index (χ3v) is 4.31. The lowest BCUT2D eigenvalue weighted by atomic mass is 10.1. The van der Waals surface area contributed by atoms with Crippen LogP contribution in [0.3, 0.4) is 0 Å². The Morgan fingerprint density at radius 1 is 1.05 bits per heavy atom. The Kier molecular flexibility index (Phi) is 4.69. The van der Waals surface area contributed by atoms with Gasteiger partial charge in [-0.15, -0.1) is 0 Å². The summed E-state index contributed by atoms with van der Waals surface area (Å²) < 4.78 is 0. The van der Waals surface area contributed by atoms with Crippen LogP contribution in [0.15, 0.2) is 60.7 Å². The summed E-state index contributed by atoms with van der Waals surface area (Å²) in [6.45, 7) is 5.66. The first-order valence-corrected chi connectivity index (χ1v) is 7.88. The van der Waals surface area contributed by atoms with Gasteiger partial charge in [-0.1, -0.05) is 60.7 Å². The number of likely N-dealkylation sites (tertiary alicyclic amines) is 1. The third kappa shape index (κ3) is 3.93. The molecule has 1 heterocycles. The number of nitrogens with zero attached hydrogens (tertiary/aromatic N) is 1. The van der Waals surface area contributed by atoms with Gasteiger partial charge in [0.25, 0.3) is 0 Å². The molecule has 1 N–H and O–H groups in total. The fourth-order valence-corrected chi connectivity index (χ4v) is 3.15. The molecule has 0 amide bonds. The highest BCUT2D eigenvalue weighted by Crippen LogP contribution is 2.18. The van der Waals surface area contributed by atoms with Crippen molar-refractivity contribution in [1.29, 1.82) is 0 Å². The van der Waals surface area contributed by atoms with E-state index in [4.69, 9.17) is 0 Å². The predicted octanol–water partition coefficient (Wildman–Crippen LogP) is 3.61. The first-order chi connectivity index (χ1) is 10.3. The van der Waals surface area contributed by atoms with E-state index in [2.05, 4.69) is 77.8 Å². The average Bonchev–Trinajstić information content (AvgIpc) is 2.96.